The number of aliphatic hydroxyl groups is 1. The van der Waals surface area contributed by atoms with E-state index in [1.54, 1.807) is 24.3 Å². The van der Waals surface area contributed by atoms with E-state index >= 15 is 0 Å². The summed E-state index contributed by atoms with van der Waals surface area (Å²) in [5.74, 6) is -1.47. The summed E-state index contributed by atoms with van der Waals surface area (Å²) < 4.78 is 18.6. The van der Waals surface area contributed by atoms with Crippen LogP contribution in [0.5, 0.6) is 5.75 Å². The lowest BCUT2D eigenvalue weighted by atomic mass is 9.95. The van der Waals surface area contributed by atoms with E-state index in [4.69, 9.17) is 4.74 Å². The molecule has 0 saturated carbocycles. The number of hydrogen-bond donors (Lipinski definition) is 2. The number of methoxy groups -OCH3 is 1. The molecule has 3 rings (SSSR count). The van der Waals surface area contributed by atoms with Gasteiger partial charge in [0.05, 0.1) is 39.4 Å². The molecule has 0 radical (unpaired) electrons. The van der Waals surface area contributed by atoms with Gasteiger partial charge in [-0.2, -0.15) is 0 Å². The number of benzene rings is 2. The summed E-state index contributed by atoms with van der Waals surface area (Å²) in [6, 6.07) is 11.5. The molecule has 0 aliphatic carbocycles. The molecule has 1 heterocycles. The quantitative estimate of drug-likeness (QED) is 0.413. The van der Waals surface area contributed by atoms with Gasteiger partial charge >= 0.3 is 0 Å². The molecule has 2 aromatic rings. The van der Waals surface area contributed by atoms with Gasteiger partial charge in [-0.15, -0.1) is 0 Å². The highest BCUT2D eigenvalue weighted by atomic mass is 19.1. The number of carbonyl (C=O) groups excluding carboxylic acids is 2. The van der Waals surface area contributed by atoms with Gasteiger partial charge in [0.15, 0.2) is 0 Å². The van der Waals surface area contributed by atoms with E-state index in [0.717, 1.165) is 6.54 Å². The molecule has 1 saturated heterocycles. The van der Waals surface area contributed by atoms with E-state index in [2.05, 4.69) is 0 Å². The minimum atomic E-state index is -0.773. The van der Waals surface area contributed by atoms with Gasteiger partial charge in [0.2, 0.25) is 0 Å². The summed E-state index contributed by atoms with van der Waals surface area (Å²) in [7, 11) is 5.55. The fourth-order valence-corrected chi connectivity index (χ4v) is 3.61. The van der Waals surface area contributed by atoms with E-state index in [0.29, 0.717) is 29.8 Å². The Hall–Kier alpha value is -3.19. The summed E-state index contributed by atoms with van der Waals surface area (Å²) in [6.07, 6.45) is 0.690. The maximum absolute atomic E-state index is 13.5. The van der Waals surface area contributed by atoms with Crippen molar-refractivity contribution < 1.29 is 28.7 Å². The first-order valence-electron chi connectivity index (χ1n) is 9.80. The van der Waals surface area contributed by atoms with Crippen LogP contribution in [0.15, 0.2) is 54.1 Å². The van der Waals surface area contributed by atoms with Crippen LogP contribution in [0.1, 0.15) is 23.6 Å². The number of ketones is 1. The summed E-state index contributed by atoms with van der Waals surface area (Å²) in [4.78, 5) is 28.4. The van der Waals surface area contributed by atoms with Crippen molar-refractivity contribution in [2.24, 2.45) is 0 Å². The Labute approximate surface area is 175 Å². The Balaban J connectivity index is 2.06. The summed E-state index contributed by atoms with van der Waals surface area (Å²) in [5.41, 5.74) is 0.982. The highest BCUT2D eigenvalue weighted by molar-refractivity contribution is 6.46. The van der Waals surface area contributed by atoms with Crippen molar-refractivity contribution in [2.75, 3.05) is 34.3 Å². The third kappa shape index (κ3) is 4.36. The molecule has 1 aliphatic rings. The molecular weight excluding hydrogens is 387 g/mol. The number of rotatable bonds is 7. The van der Waals surface area contributed by atoms with Crippen molar-refractivity contribution in [3.8, 4) is 5.75 Å². The molecule has 6 nitrogen and oxygen atoms in total. The Morgan fingerprint density at radius 1 is 1.10 bits per heavy atom. The predicted molar refractivity (Wildman–Crippen MR) is 111 cm³/mol. The van der Waals surface area contributed by atoms with E-state index in [-0.39, 0.29) is 11.3 Å². The first kappa shape index (κ1) is 21.5. The zero-order valence-electron chi connectivity index (χ0n) is 17.3. The minimum Gasteiger partial charge on any atom is -0.507 e. The molecule has 1 amide bonds. The Morgan fingerprint density at radius 3 is 2.30 bits per heavy atom. The molecule has 1 atom stereocenters. The average molecular weight is 413 g/mol. The molecule has 158 valence electrons. The van der Waals surface area contributed by atoms with Crippen molar-refractivity contribution in [2.45, 2.75) is 12.5 Å². The van der Waals surface area contributed by atoms with Crippen molar-refractivity contribution >= 4 is 17.4 Å². The highest BCUT2D eigenvalue weighted by Gasteiger charge is 2.45. The standard InChI is InChI=1S/C23H25FN2O4/c1-25(2)13-4-14-26-20(15-5-9-17(24)10-6-15)19(22(28)23(26)29)21(27)16-7-11-18(30-3)12-8-16/h5-12,20,27H,4,13-14H2,1-3H3/p+1. The molecule has 0 bridgehead atoms. The van der Waals surface area contributed by atoms with E-state index in [1.165, 1.54) is 41.2 Å². The van der Waals surface area contributed by atoms with Gasteiger partial charge in [0.1, 0.15) is 17.3 Å². The number of ether oxygens (including phenoxy) is 1. The second-order valence-electron chi connectivity index (χ2n) is 7.58. The number of halogens is 1. The number of likely N-dealkylation sites (tertiary alicyclic amines) is 1. The first-order chi connectivity index (χ1) is 14.3. The number of aliphatic hydroxyl groups excluding tert-OH is 1. The maximum atomic E-state index is 13.5. The number of nitrogens with one attached hydrogen (secondary N) is 1. The molecule has 7 heteroatoms. The summed E-state index contributed by atoms with van der Waals surface area (Å²) in [5, 5.41) is 11.0. The van der Waals surface area contributed by atoms with Gasteiger partial charge in [-0.3, -0.25) is 9.59 Å². The van der Waals surface area contributed by atoms with Crippen LogP contribution in [-0.4, -0.2) is 56.0 Å². The van der Waals surface area contributed by atoms with Crippen LogP contribution in [-0.2, 0) is 9.59 Å². The lowest BCUT2D eigenvalue weighted by Crippen LogP contribution is -3.05. The van der Waals surface area contributed by atoms with Gasteiger partial charge < -0.3 is 19.6 Å². The van der Waals surface area contributed by atoms with E-state index in [1.807, 2.05) is 14.1 Å². The third-order valence-corrected chi connectivity index (χ3v) is 5.16. The lowest BCUT2D eigenvalue weighted by Gasteiger charge is -2.25. The SMILES string of the molecule is COc1ccc(C(O)=C2C(=O)C(=O)N(CCC[NH+](C)C)C2c2ccc(F)cc2)cc1. The zero-order valence-corrected chi connectivity index (χ0v) is 17.3. The van der Waals surface area contributed by atoms with Crippen molar-refractivity contribution in [1.29, 1.82) is 0 Å². The van der Waals surface area contributed by atoms with Gasteiger partial charge in [-0.1, -0.05) is 12.1 Å². The third-order valence-electron chi connectivity index (χ3n) is 5.16. The fourth-order valence-electron chi connectivity index (χ4n) is 3.61. The second kappa shape index (κ2) is 9.09. The van der Waals surface area contributed by atoms with Crippen LogP contribution < -0.4 is 9.64 Å². The predicted octanol–water partition coefficient (Wildman–Crippen LogP) is 1.79. The minimum absolute atomic E-state index is 0.00831. The molecule has 2 N–H and O–H groups in total. The fraction of sp³-hybridized carbons (Fsp3) is 0.304. The number of amides is 1. The smallest absolute Gasteiger partial charge is 0.295 e. The van der Waals surface area contributed by atoms with Crippen LogP contribution >= 0.6 is 0 Å². The number of nitrogens with zero attached hydrogens (tertiary/aromatic N) is 1. The summed E-state index contributed by atoms with van der Waals surface area (Å²) >= 11 is 0. The monoisotopic (exact) mass is 413 g/mol. The van der Waals surface area contributed by atoms with Crippen molar-refractivity contribution in [3.05, 3.63) is 71.0 Å². The second-order valence-corrected chi connectivity index (χ2v) is 7.58. The van der Waals surface area contributed by atoms with E-state index < -0.39 is 23.5 Å². The molecular formula is C23H26FN2O4+. The molecule has 1 fully saturated rings. The van der Waals surface area contributed by atoms with Gasteiger partial charge in [0.25, 0.3) is 11.7 Å². The van der Waals surface area contributed by atoms with E-state index in [9.17, 15) is 19.1 Å². The van der Waals surface area contributed by atoms with Crippen LogP contribution in [0.3, 0.4) is 0 Å². The number of carbonyl (C=O) groups is 2. The molecule has 1 unspecified atom stereocenters. The Kier molecular flexibility index (Phi) is 6.52. The molecule has 0 spiro atoms. The largest absolute Gasteiger partial charge is 0.507 e. The lowest BCUT2D eigenvalue weighted by molar-refractivity contribution is -0.858. The van der Waals surface area contributed by atoms with Crippen LogP contribution in [0, 0.1) is 5.82 Å². The first-order valence-corrected chi connectivity index (χ1v) is 9.80. The molecule has 0 aromatic heterocycles. The number of Topliss-reactive ketones (excluding diaryl/α,β-unsaturated/α-hetero) is 1. The molecule has 2 aromatic carbocycles. The molecule has 1 aliphatic heterocycles. The summed E-state index contributed by atoms with van der Waals surface area (Å²) in [6.45, 7) is 1.18. The number of hydrogen-bond acceptors (Lipinski definition) is 4. The zero-order chi connectivity index (χ0) is 21.8. The maximum Gasteiger partial charge on any atom is 0.295 e. The normalized spacial score (nSPS) is 18.3. The van der Waals surface area contributed by atoms with Gasteiger partial charge in [-0.05, 0) is 42.0 Å². The highest BCUT2D eigenvalue weighted by Crippen LogP contribution is 2.39. The van der Waals surface area contributed by atoms with Crippen LogP contribution in [0.4, 0.5) is 4.39 Å². The van der Waals surface area contributed by atoms with Crippen molar-refractivity contribution in [1.82, 2.24) is 4.90 Å². The Bertz CT molecular complexity index is 952. The van der Waals surface area contributed by atoms with Crippen LogP contribution in [0.25, 0.3) is 5.76 Å². The van der Waals surface area contributed by atoms with Crippen LogP contribution in [0.2, 0.25) is 0 Å². The van der Waals surface area contributed by atoms with Gasteiger partial charge in [0, 0.05) is 18.5 Å². The molecule has 30 heavy (non-hydrogen) atoms. The van der Waals surface area contributed by atoms with Gasteiger partial charge in [-0.25, -0.2) is 4.39 Å². The number of quaternary nitrogens is 1. The topological polar surface area (TPSA) is 71.3 Å². The van der Waals surface area contributed by atoms with Crippen molar-refractivity contribution in [3.63, 3.8) is 0 Å². The average Bonchev–Trinajstić information content (AvgIpc) is 2.98. The Morgan fingerprint density at radius 2 is 1.73 bits per heavy atom.